The van der Waals surface area contributed by atoms with Gasteiger partial charge in [0.2, 0.25) is 0 Å². The van der Waals surface area contributed by atoms with Crippen molar-refractivity contribution in [3.8, 4) is 0 Å². The minimum Gasteiger partial charge on any atom is -0.316 e. The van der Waals surface area contributed by atoms with Crippen LogP contribution in [0.4, 0.5) is 0 Å². The second kappa shape index (κ2) is 6.02. The van der Waals surface area contributed by atoms with Crippen molar-refractivity contribution in [3.05, 3.63) is 0 Å². The molecule has 1 N–H and O–H groups in total. The maximum absolute atomic E-state index is 3.52. The summed E-state index contributed by atoms with van der Waals surface area (Å²) in [5.74, 6) is 1.93. The van der Waals surface area contributed by atoms with Crippen molar-refractivity contribution in [2.24, 2.45) is 11.8 Å². The van der Waals surface area contributed by atoms with Crippen molar-refractivity contribution in [3.63, 3.8) is 0 Å². The smallest absolute Gasteiger partial charge is 0.0133 e. The van der Waals surface area contributed by atoms with Gasteiger partial charge in [0.05, 0.1) is 0 Å². The third-order valence-corrected chi connectivity index (χ3v) is 4.76. The predicted molar refractivity (Wildman–Crippen MR) is 69.6 cm³/mol. The largest absolute Gasteiger partial charge is 0.316 e. The number of nitrogens with one attached hydrogen (secondary N) is 1. The second-order valence-electron chi connectivity index (χ2n) is 5.62. The normalized spacial score (nSPS) is 30.8. The summed E-state index contributed by atoms with van der Waals surface area (Å²) in [6, 6.07) is 0.854. The van der Waals surface area contributed by atoms with Crippen LogP contribution in [-0.2, 0) is 0 Å². The van der Waals surface area contributed by atoms with Gasteiger partial charge in [-0.25, -0.2) is 0 Å². The summed E-state index contributed by atoms with van der Waals surface area (Å²) in [5.41, 5.74) is 0. The molecule has 2 nitrogen and oxygen atoms in total. The van der Waals surface area contributed by atoms with Crippen LogP contribution >= 0.6 is 0 Å². The minimum absolute atomic E-state index is 0.854. The molecule has 2 heterocycles. The molecule has 2 heteroatoms. The van der Waals surface area contributed by atoms with Crippen LogP contribution in [-0.4, -0.2) is 37.1 Å². The van der Waals surface area contributed by atoms with E-state index in [4.69, 9.17) is 0 Å². The van der Waals surface area contributed by atoms with E-state index in [1.54, 1.807) is 0 Å². The molecule has 2 aliphatic heterocycles. The molecular weight excluding hydrogens is 196 g/mol. The SMILES string of the molecule is CCC1CCN(C(CC)C2CCNC2)CC1. The minimum atomic E-state index is 0.854. The van der Waals surface area contributed by atoms with E-state index in [9.17, 15) is 0 Å². The molecule has 0 spiro atoms. The fourth-order valence-electron chi connectivity index (χ4n) is 3.59. The molecule has 0 aromatic rings. The molecule has 0 radical (unpaired) electrons. The standard InChI is InChI=1S/C14H28N2/c1-3-12-6-9-16(10-7-12)14(4-2)13-5-8-15-11-13/h12-15H,3-11H2,1-2H3. The number of piperidine rings is 1. The number of likely N-dealkylation sites (tertiary alicyclic amines) is 1. The van der Waals surface area contributed by atoms with Crippen LogP contribution < -0.4 is 5.32 Å². The highest BCUT2D eigenvalue weighted by Crippen LogP contribution is 2.27. The molecule has 94 valence electrons. The van der Waals surface area contributed by atoms with Gasteiger partial charge in [0.1, 0.15) is 0 Å². The first-order valence-corrected chi connectivity index (χ1v) is 7.29. The van der Waals surface area contributed by atoms with Crippen molar-refractivity contribution >= 4 is 0 Å². The van der Waals surface area contributed by atoms with E-state index in [2.05, 4.69) is 24.1 Å². The lowest BCUT2D eigenvalue weighted by molar-refractivity contribution is 0.0952. The van der Waals surface area contributed by atoms with E-state index >= 15 is 0 Å². The zero-order valence-electron chi connectivity index (χ0n) is 11.0. The first-order valence-electron chi connectivity index (χ1n) is 7.29. The fraction of sp³-hybridized carbons (Fsp3) is 1.00. The van der Waals surface area contributed by atoms with Gasteiger partial charge in [0.15, 0.2) is 0 Å². The third kappa shape index (κ3) is 2.78. The monoisotopic (exact) mass is 224 g/mol. The quantitative estimate of drug-likeness (QED) is 0.789. The summed E-state index contributed by atoms with van der Waals surface area (Å²) < 4.78 is 0. The lowest BCUT2D eigenvalue weighted by Crippen LogP contribution is -2.45. The van der Waals surface area contributed by atoms with Gasteiger partial charge in [-0.2, -0.15) is 0 Å². The number of rotatable bonds is 4. The van der Waals surface area contributed by atoms with E-state index in [1.807, 2.05) is 0 Å². The van der Waals surface area contributed by atoms with Gasteiger partial charge in [0, 0.05) is 6.04 Å². The third-order valence-electron chi connectivity index (χ3n) is 4.76. The van der Waals surface area contributed by atoms with E-state index in [0.29, 0.717) is 0 Å². The highest BCUT2D eigenvalue weighted by atomic mass is 15.2. The molecule has 2 fully saturated rings. The number of hydrogen-bond donors (Lipinski definition) is 1. The maximum atomic E-state index is 3.52. The zero-order valence-corrected chi connectivity index (χ0v) is 11.0. The van der Waals surface area contributed by atoms with Crippen molar-refractivity contribution < 1.29 is 0 Å². The highest BCUT2D eigenvalue weighted by Gasteiger charge is 2.30. The van der Waals surface area contributed by atoms with Crippen LogP contribution in [0.5, 0.6) is 0 Å². The molecule has 0 aliphatic carbocycles. The topological polar surface area (TPSA) is 15.3 Å². The Hall–Kier alpha value is -0.0800. The van der Waals surface area contributed by atoms with Crippen molar-refractivity contribution in [2.45, 2.75) is 52.0 Å². The molecule has 2 aliphatic rings. The summed E-state index contributed by atoms with van der Waals surface area (Å²) in [5, 5.41) is 3.52. The van der Waals surface area contributed by atoms with Gasteiger partial charge in [-0.1, -0.05) is 20.3 Å². The summed E-state index contributed by atoms with van der Waals surface area (Å²) in [4.78, 5) is 2.78. The molecule has 0 bridgehead atoms. The molecule has 16 heavy (non-hydrogen) atoms. The van der Waals surface area contributed by atoms with E-state index in [-0.39, 0.29) is 0 Å². The number of hydrogen-bond acceptors (Lipinski definition) is 2. The van der Waals surface area contributed by atoms with Crippen molar-refractivity contribution in [1.29, 1.82) is 0 Å². The lowest BCUT2D eigenvalue weighted by Gasteiger charge is -2.39. The van der Waals surface area contributed by atoms with Crippen LogP contribution in [0.3, 0.4) is 0 Å². The second-order valence-corrected chi connectivity index (χ2v) is 5.62. The summed E-state index contributed by atoms with van der Waals surface area (Å²) in [6.45, 7) is 9.92. The average molecular weight is 224 g/mol. The molecule has 2 rings (SSSR count). The van der Waals surface area contributed by atoms with Crippen LogP contribution in [0.2, 0.25) is 0 Å². The molecule has 2 saturated heterocycles. The Morgan fingerprint density at radius 1 is 1.19 bits per heavy atom. The maximum Gasteiger partial charge on any atom is 0.0133 e. The molecule has 2 atom stereocenters. The zero-order chi connectivity index (χ0) is 11.4. The van der Waals surface area contributed by atoms with Crippen molar-refractivity contribution in [2.75, 3.05) is 26.2 Å². The van der Waals surface area contributed by atoms with Gasteiger partial charge in [0.25, 0.3) is 0 Å². The van der Waals surface area contributed by atoms with Crippen LogP contribution in [0, 0.1) is 11.8 Å². The van der Waals surface area contributed by atoms with Crippen LogP contribution in [0.1, 0.15) is 46.0 Å². The first-order chi connectivity index (χ1) is 7.85. The Kier molecular flexibility index (Phi) is 4.66. The van der Waals surface area contributed by atoms with E-state index < -0.39 is 0 Å². The van der Waals surface area contributed by atoms with E-state index in [1.165, 1.54) is 58.3 Å². The molecule has 0 amide bonds. The highest BCUT2D eigenvalue weighted by molar-refractivity contribution is 4.86. The van der Waals surface area contributed by atoms with E-state index in [0.717, 1.165) is 17.9 Å². The Bertz CT molecular complexity index is 191. The summed E-state index contributed by atoms with van der Waals surface area (Å²) in [6.07, 6.45) is 6.99. The number of nitrogens with zero attached hydrogens (tertiary/aromatic N) is 1. The fourth-order valence-corrected chi connectivity index (χ4v) is 3.59. The van der Waals surface area contributed by atoms with Gasteiger partial charge in [-0.05, 0) is 63.7 Å². The Morgan fingerprint density at radius 2 is 1.94 bits per heavy atom. The Labute approximate surface area is 101 Å². The summed E-state index contributed by atoms with van der Waals surface area (Å²) in [7, 11) is 0. The van der Waals surface area contributed by atoms with Crippen molar-refractivity contribution in [1.82, 2.24) is 10.2 Å². The summed E-state index contributed by atoms with van der Waals surface area (Å²) >= 11 is 0. The molecule has 0 saturated carbocycles. The van der Waals surface area contributed by atoms with Gasteiger partial charge >= 0.3 is 0 Å². The van der Waals surface area contributed by atoms with Crippen LogP contribution in [0.25, 0.3) is 0 Å². The van der Waals surface area contributed by atoms with Crippen LogP contribution in [0.15, 0.2) is 0 Å². The van der Waals surface area contributed by atoms with Gasteiger partial charge < -0.3 is 10.2 Å². The Morgan fingerprint density at radius 3 is 2.44 bits per heavy atom. The molecular formula is C14H28N2. The average Bonchev–Trinajstić information content (AvgIpc) is 2.85. The Balaban J connectivity index is 1.85. The first kappa shape index (κ1) is 12.4. The predicted octanol–water partition coefficient (Wildman–Crippen LogP) is 2.50. The molecule has 2 unspecified atom stereocenters. The molecule has 0 aromatic heterocycles. The van der Waals surface area contributed by atoms with Gasteiger partial charge in [-0.15, -0.1) is 0 Å². The van der Waals surface area contributed by atoms with Gasteiger partial charge in [-0.3, -0.25) is 0 Å². The molecule has 0 aromatic carbocycles. The lowest BCUT2D eigenvalue weighted by atomic mass is 9.89.